The lowest BCUT2D eigenvalue weighted by molar-refractivity contribution is -0.137. The third-order valence-electron chi connectivity index (χ3n) is 2.16. The lowest BCUT2D eigenvalue weighted by Crippen LogP contribution is -2.45. The van der Waals surface area contributed by atoms with Gasteiger partial charge < -0.3 is 20.2 Å². The van der Waals surface area contributed by atoms with Crippen LogP contribution in [0.1, 0.15) is 23.7 Å². The first-order valence-electron chi connectivity index (χ1n) is 5.33. The summed E-state index contributed by atoms with van der Waals surface area (Å²) in [4.78, 5) is 33.3. The summed E-state index contributed by atoms with van der Waals surface area (Å²) in [7, 11) is 0. The fourth-order valence-corrected chi connectivity index (χ4v) is 1.18. The molecule has 98 valence electrons. The molecule has 0 fully saturated rings. The molecular formula is C11H14N2O5. The summed E-state index contributed by atoms with van der Waals surface area (Å²) in [5.41, 5.74) is 0.320. The Hall–Kier alpha value is -2.31. The minimum absolute atomic E-state index is 0.0279. The van der Waals surface area contributed by atoms with E-state index in [2.05, 4.69) is 10.6 Å². The van der Waals surface area contributed by atoms with Crippen molar-refractivity contribution >= 4 is 17.8 Å². The van der Waals surface area contributed by atoms with E-state index in [0.717, 1.165) is 0 Å². The SMILES string of the molecule is CC(NC(=O)c1ccoc1)C(=O)NCCC(=O)O. The molecule has 1 unspecified atom stereocenters. The quantitative estimate of drug-likeness (QED) is 0.661. The summed E-state index contributed by atoms with van der Waals surface area (Å²) in [5, 5.41) is 13.3. The number of hydrogen-bond acceptors (Lipinski definition) is 4. The first kappa shape index (κ1) is 13.8. The molecule has 3 N–H and O–H groups in total. The predicted octanol–water partition coefficient (Wildman–Crippen LogP) is -0.0112. The van der Waals surface area contributed by atoms with Crippen LogP contribution < -0.4 is 10.6 Å². The van der Waals surface area contributed by atoms with Crippen LogP contribution >= 0.6 is 0 Å². The van der Waals surface area contributed by atoms with Gasteiger partial charge in [-0.2, -0.15) is 0 Å². The van der Waals surface area contributed by atoms with Crippen LogP contribution in [-0.2, 0) is 9.59 Å². The lowest BCUT2D eigenvalue weighted by atomic mass is 10.2. The fraction of sp³-hybridized carbons (Fsp3) is 0.364. The van der Waals surface area contributed by atoms with Crippen molar-refractivity contribution in [2.24, 2.45) is 0 Å². The van der Waals surface area contributed by atoms with Gasteiger partial charge in [0.25, 0.3) is 5.91 Å². The smallest absolute Gasteiger partial charge is 0.305 e. The highest BCUT2D eigenvalue weighted by molar-refractivity contribution is 5.97. The molecule has 2 amide bonds. The molecule has 0 spiro atoms. The van der Waals surface area contributed by atoms with Gasteiger partial charge in [0, 0.05) is 6.54 Å². The van der Waals surface area contributed by atoms with Crippen molar-refractivity contribution in [2.45, 2.75) is 19.4 Å². The van der Waals surface area contributed by atoms with Gasteiger partial charge in [-0.05, 0) is 13.0 Å². The Bertz CT molecular complexity index is 427. The van der Waals surface area contributed by atoms with Crippen LogP contribution in [0.5, 0.6) is 0 Å². The van der Waals surface area contributed by atoms with Crippen molar-refractivity contribution in [3.05, 3.63) is 24.2 Å². The van der Waals surface area contributed by atoms with Crippen LogP contribution in [0.3, 0.4) is 0 Å². The number of carboxylic acids is 1. The van der Waals surface area contributed by atoms with Gasteiger partial charge in [-0.25, -0.2) is 0 Å². The van der Waals surface area contributed by atoms with E-state index in [4.69, 9.17) is 9.52 Å². The van der Waals surface area contributed by atoms with Crippen LogP contribution in [0.2, 0.25) is 0 Å². The third kappa shape index (κ3) is 4.28. The zero-order valence-corrected chi connectivity index (χ0v) is 9.80. The Morgan fingerprint density at radius 3 is 2.72 bits per heavy atom. The van der Waals surface area contributed by atoms with Crippen LogP contribution in [0.15, 0.2) is 23.0 Å². The molecule has 1 aromatic rings. The number of rotatable bonds is 6. The van der Waals surface area contributed by atoms with Crippen LogP contribution in [0, 0.1) is 0 Å². The summed E-state index contributed by atoms with van der Waals surface area (Å²) in [6.45, 7) is 1.54. The normalized spacial score (nSPS) is 11.6. The zero-order valence-electron chi connectivity index (χ0n) is 9.80. The van der Waals surface area contributed by atoms with Crippen molar-refractivity contribution in [1.82, 2.24) is 10.6 Å². The second-order valence-electron chi connectivity index (χ2n) is 3.64. The maximum absolute atomic E-state index is 11.6. The van der Waals surface area contributed by atoms with E-state index in [9.17, 15) is 14.4 Å². The van der Waals surface area contributed by atoms with Crippen molar-refractivity contribution in [2.75, 3.05) is 6.54 Å². The number of carboxylic acid groups (broad SMARTS) is 1. The highest BCUT2D eigenvalue weighted by Crippen LogP contribution is 1.99. The summed E-state index contributed by atoms with van der Waals surface area (Å²) >= 11 is 0. The zero-order chi connectivity index (χ0) is 13.5. The Morgan fingerprint density at radius 2 is 2.17 bits per heavy atom. The molecule has 1 heterocycles. The summed E-state index contributed by atoms with van der Waals surface area (Å²) < 4.78 is 4.74. The minimum Gasteiger partial charge on any atom is -0.481 e. The molecule has 1 rings (SSSR count). The highest BCUT2D eigenvalue weighted by atomic mass is 16.4. The molecule has 0 bridgehead atoms. The summed E-state index contributed by atoms with van der Waals surface area (Å²) in [6.07, 6.45) is 2.46. The van der Waals surface area contributed by atoms with E-state index in [1.807, 2.05) is 0 Å². The van der Waals surface area contributed by atoms with Crippen molar-refractivity contribution in [3.63, 3.8) is 0 Å². The van der Waals surface area contributed by atoms with Gasteiger partial charge in [0.15, 0.2) is 0 Å². The maximum atomic E-state index is 11.6. The second-order valence-corrected chi connectivity index (χ2v) is 3.64. The summed E-state index contributed by atoms with van der Waals surface area (Å²) in [5.74, 6) is -1.86. The molecule has 0 radical (unpaired) electrons. The molecule has 0 aliphatic carbocycles. The molecule has 18 heavy (non-hydrogen) atoms. The molecule has 7 heteroatoms. The predicted molar refractivity (Wildman–Crippen MR) is 60.9 cm³/mol. The Labute approximate surface area is 103 Å². The molecule has 0 aromatic carbocycles. The molecular weight excluding hydrogens is 240 g/mol. The van der Waals surface area contributed by atoms with Crippen molar-refractivity contribution in [1.29, 1.82) is 0 Å². The number of nitrogens with one attached hydrogen (secondary N) is 2. The fourth-order valence-electron chi connectivity index (χ4n) is 1.18. The van der Waals surface area contributed by atoms with E-state index < -0.39 is 23.8 Å². The molecule has 1 aromatic heterocycles. The van der Waals surface area contributed by atoms with Gasteiger partial charge in [-0.15, -0.1) is 0 Å². The van der Waals surface area contributed by atoms with Crippen molar-refractivity contribution < 1.29 is 23.9 Å². The molecule has 0 aliphatic heterocycles. The largest absolute Gasteiger partial charge is 0.481 e. The number of hydrogen-bond donors (Lipinski definition) is 3. The average molecular weight is 254 g/mol. The van der Waals surface area contributed by atoms with Gasteiger partial charge in [0.05, 0.1) is 18.2 Å². The van der Waals surface area contributed by atoms with Gasteiger partial charge in [-0.3, -0.25) is 14.4 Å². The van der Waals surface area contributed by atoms with Crippen molar-refractivity contribution in [3.8, 4) is 0 Å². The Kier molecular flexibility index (Phi) is 4.91. The Morgan fingerprint density at radius 1 is 1.44 bits per heavy atom. The minimum atomic E-state index is -0.995. The molecule has 7 nitrogen and oxygen atoms in total. The monoisotopic (exact) mass is 254 g/mol. The first-order valence-corrected chi connectivity index (χ1v) is 5.33. The summed E-state index contributed by atoms with van der Waals surface area (Å²) in [6, 6.07) is 0.728. The van der Waals surface area contributed by atoms with Gasteiger partial charge in [0.2, 0.25) is 5.91 Å². The van der Waals surface area contributed by atoms with E-state index in [1.54, 1.807) is 0 Å². The molecule has 0 saturated carbocycles. The van der Waals surface area contributed by atoms with Crippen LogP contribution in [-0.4, -0.2) is 35.5 Å². The number of carbonyl (C=O) groups is 3. The van der Waals surface area contributed by atoms with Gasteiger partial charge in [0.1, 0.15) is 12.3 Å². The van der Waals surface area contributed by atoms with Crippen LogP contribution in [0.4, 0.5) is 0 Å². The lowest BCUT2D eigenvalue weighted by Gasteiger charge is -2.12. The maximum Gasteiger partial charge on any atom is 0.305 e. The number of furan rings is 1. The average Bonchev–Trinajstić information content (AvgIpc) is 2.81. The van der Waals surface area contributed by atoms with Gasteiger partial charge in [-0.1, -0.05) is 0 Å². The second kappa shape index (κ2) is 6.43. The standard InChI is InChI=1S/C11H14N2O5/c1-7(10(16)12-4-2-9(14)15)13-11(17)8-3-5-18-6-8/h3,5-7H,2,4H2,1H3,(H,12,16)(H,13,17)(H,14,15). The Balaban J connectivity index is 2.35. The third-order valence-corrected chi connectivity index (χ3v) is 2.16. The molecule has 0 aliphatic rings. The van der Waals surface area contributed by atoms with E-state index in [-0.39, 0.29) is 13.0 Å². The molecule has 0 saturated heterocycles. The van der Waals surface area contributed by atoms with Crippen LogP contribution in [0.25, 0.3) is 0 Å². The van der Waals surface area contributed by atoms with E-state index in [0.29, 0.717) is 5.56 Å². The highest BCUT2D eigenvalue weighted by Gasteiger charge is 2.16. The molecule has 1 atom stereocenters. The van der Waals surface area contributed by atoms with Gasteiger partial charge >= 0.3 is 5.97 Å². The topological polar surface area (TPSA) is 109 Å². The number of amides is 2. The first-order chi connectivity index (χ1) is 8.50. The van der Waals surface area contributed by atoms with E-state index >= 15 is 0 Å². The van der Waals surface area contributed by atoms with E-state index in [1.165, 1.54) is 25.5 Å². The number of aliphatic carboxylic acids is 1. The number of carbonyl (C=O) groups excluding carboxylic acids is 2.